The molecule has 0 amide bonds. The monoisotopic (exact) mass is 1130 g/mol. The fourth-order valence-corrected chi connectivity index (χ4v) is 7.56. The largest absolute Gasteiger partial charge is 0.462 e. The average molecular weight is 1130 g/mol. The molecule has 0 radical (unpaired) electrons. The van der Waals surface area contributed by atoms with E-state index in [1.807, 2.05) is 18.2 Å². The van der Waals surface area contributed by atoms with Crippen LogP contribution in [0.1, 0.15) is 213 Å². The number of rotatable bonds is 54. The molecule has 83 heavy (non-hydrogen) atoms. The molecule has 0 heterocycles. The Morgan fingerprint density at radius 2 is 0.506 bits per heavy atom. The van der Waals surface area contributed by atoms with Gasteiger partial charge in [0.25, 0.3) is 0 Å². The standard InChI is InChI=1S/C77H112O6/c1-4-7-10-13-16-19-22-25-28-30-32-33-34-35-36-37-38-39-40-41-42-43-45-46-49-52-55-58-61-64-67-70-76(79)82-73-74(72-81-75(78)69-66-63-60-57-54-51-48-27-24-21-18-15-12-9-6-3)83-77(80)71-68-65-62-59-56-53-50-47-44-31-29-26-23-20-17-14-11-8-5-2/h7-12,16-21,25-29,32-33,35-36,38-39,41-42,44-48,53-54,56-57,62-63,65-66,74H,4-6,13-15,22-24,30-31,34,37,40,43,49-52,55,58-61,64,67-73H2,1-3H3/b10-7-,11-8-,12-9-,19-16-,20-17-,21-18-,28-25-,29-26-,33-32-,36-35-,39-38-,42-41-,46-45-,47-44-,48-27-,56-53-,57-54-,65-62-,66-63-. The van der Waals surface area contributed by atoms with Crippen molar-refractivity contribution in [1.82, 2.24) is 0 Å². The van der Waals surface area contributed by atoms with Gasteiger partial charge in [-0.25, -0.2) is 0 Å². The van der Waals surface area contributed by atoms with Gasteiger partial charge in [-0.3, -0.25) is 14.4 Å². The van der Waals surface area contributed by atoms with E-state index in [0.717, 1.165) is 154 Å². The van der Waals surface area contributed by atoms with Gasteiger partial charge in [-0.1, -0.05) is 277 Å². The quantitative estimate of drug-likeness (QED) is 0.0261. The fraction of sp³-hybridized carbons (Fsp3) is 0.468. The van der Waals surface area contributed by atoms with E-state index in [0.29, 0.717) is 19.3 Å². The zero-order valence-electron chi connectivity index (χ0n) is 52.1. The smallest absolute Gasteiger partial charge is 0.309 e. The van der Waals surface area contributed by atoms with Gasteiger partial charge in [-0.2, -0.15) is 0 Å². The molecule has 0 fully saturated rings. The molecule has 0 spiro atoms. The first-order valence-corrected chi connectivity index (χ1v) is 31.9. The van der Waals surface area contributed by atoms with E-state index in [9.17, 15) is 14.4 Å². The van der Waals surface area contributed by atoms with E-state index in [2.05, 4.69) is 227 Å². The van der Waals surface area contributed by atoms with Gasteiger partial charge in [0.1, 0.15) is 13.2 Å². The second kappa shape index (κ2) is 68.0. The third kappa shape index (κ3) is 66.2. The molecule has 0 aliphatic heterocycles. The van der Waals surface area contributed by atoms with Crippen molar-refractivity contribution in [1.29, 1.82) is 0 Å². The third-order valence-electron chi connectivity index (χ3n) is 12.2. The van der Waals surface area contributed by atoms with Crippen molar-refractivity contribution < 1.29 is 28.6 Å². The van der Waals surface area contributed by atoms with E-state index in [-0.39, 0.29) is 32.0 Å². The number of ether oxygens (including phenoxy) is 3. The topological polar surface area (TPSA) is 78.9 Å². The first-order chi connectivity index (χ1) is 41.0. The van der Waals surface area contributed by atoms with E-state index in [4.69, 9.17) is 14.2 Å². The lowest BCUT2D eigenvalue weighted by molar-refractivity contribution is -0.166. The van der Waals surface area contributed by atoms with Gasteiger partial charge in [-0.05, 0) is 148 Å². The molecule has 0 saturated carbocycles. The molecule has 1 atom stereocenters. The molecule has 0 bridgehead atoms. The Balaban J connectivity index is 4.57. The summed E-state index contributed by atoms with van der Waals surface area (Å²) in [5.41, 5.74) is 0. The summed E-state index contributed by atoms with van der Waals surface area (Å²) in [6, 6.07) is 0. The van der Waals surface area contributed by atoms with Crippen molar-refractivity contribution in [2.75, 3.05) is 13.2 Å². The molecule has 0 aromatic heterocycles. The molecule has 456 valence electrons. The Morgan fingerprint density at radius 3 is 0.831 bits per heavy atom. The third-order valence-corrected chi connectivity index (χ3v) is 12.2. The molecular formula is C77H112O6. The van der Waals surface area contributed by atoms with Crippen LogP contribution in [0.4, 0.5) is 0 Å². The van der Waals surface area contributed by atoms with Crippen molar-refractivity contribution in [3.05, 3.63) is 231 Å². The first-order valence-electron chi connectivity index (χ1n) is 31.9. The van der Waals surface area contributed by atoms with Crippen LogP contribution in [0.2, 0.25) is 0 Å². The van der Waals surface area contributed by atoms with E-state index in [1.165, 1.54) is 6.42 Å². The van der Waals surface area contributed by atoms with Gasteiger partial charge in [0.05, 0.1) is 6.42 Å². The summed E-state index contributed by atoms with van der Waals surface area (Å²) in [6.45, 7) is 6.10. The molecule has 0 aromatic rings. The highest BCUT2D eigenvalue weighted by Gasteiger charge is 2.19. The van der Waals surface area contributed by atoms with Crippen LogP contribution in [-0.2, 0) is 28.6 Å². The normalized spacial score (nSPS) is 13.7. The predicted molar refractivity (Wildman–Crippen MR) is 361 cm³/mol. The summed E-state index contributed by atoms with van der Waals surface area (Å²) >= 11 is 0. The average Bonchev–Trinajstić information content (AvgIpc) is 3.49. The molecule has 0 saturated heterocycles. The number of hydrogen-bond acceptors (Lipinski definition) is 6. The second-order valence-corrected chi connectivity index (χ2v) is 19.8. The van der Waals surface area contributed by atoms with Crippen LogP contribution in [0, 0.1) is 0 Å². The Bertz CT molecular complexity index is 2130. The lowest BCUT2D eigenvalue weighted by atomic mass is 10.1. The highest BCUT2D eigenvalue weighted by molar-refractivity contribution is 5.72. The minimum atomic E-state index is -0.882. The SMILES string of the molecule is CC/C=C\C/C=C\C/C=C\C/C=C\C/C=C\C/C=C\C/C=C\C/C=C\CCCCCCCCC(=O)OCC(COC(=O)C/C=C\C/C=C\C/C=C\C/C=C\C/C=C\CC)OC(=O)CC/C=C\C/C=C\C/C=C\C/C=C\C/C=C\C/C=C\CC. The second-order valence-electron chi connectivity index (χ2n) is 19.8. The molecule has 6 nitrogen and oxygen atoms in total. The van der Waals surface area contributed by atoms with Crippen molar-refractivity contribution in [2.45, 2.75) is 219 Å². The number of hydrogen-bond donors (Lipinski definition) is 0. The van der Waals surface area contributed by atoms with Crippen LogP contribution in [-0.4, -0.2) is 37.2 Å². The van der Waals surface area contributed by atoms with Gasteiger partial charge in [0.2, 0.25) is 0 Å². The molecule has 0 aliphatic rings. The molecular weight excluding hydrogens is 1020 g/mol. The molecule has 1 unspecified atom stereocenters. The van der Waals surface area contributed by atoms with Crippen molar-refractivity contribution in [2.24, 2.45) is 0 Å². The van der Waals surface area contributed by atoms with E-state index in [1.54, 1.807) is 6.08 Å². The zero-order valence-corrected chi connectivity index (χ0v) is 52.1. The van der Waals surface area contributed by atoms with Gasteiger partial charge < -0.3 is 14.2 Å². The van der Waals surface area contributed by atoms with E-state index >= 15 is 0 Å². The summed E-state index contributed by atoms with van der Waals surface area (Å²) in [4.78, 5) is 38.2. The summed E-state index contributed by atoms with van der Waals surface area (Å²) in [7, 11) is 0. The number of carbonyl (C=O) groups is 3. The Kier molecular flexibility index (Phi) is 62.6. The number of unbranched alkanes of at least 4 members (excludes halogenated alkanes) is 6. The maximum absolute atomic E-state index is 12.9. The van der Waals surface area contributed by atoms with Crippen LogP contribution in [0.15, 0.2) is 231 Å². The maximum Gasteiger partial charge on any atom is 0.309 e. The lowest BCUT2D eigenvalue weighted by Gasteiger charge is -2.18. The van der Waals surface area contributed by atoms with Crippen LogP contribution >= 0.6 is 0 Å². The van der Waals surface area contributed by atoms with Crippen molar-refractivity contribution >= 4 is 17.9 Å². The summed E-state index contributed by atoms with van der Waals surface area (Å²) in [5, 5.41) is 0. The van der Waals surface area contributed by atoms with Gasteiger partial charge >= 0.3 is 17.9 Å². The number of esters is 3. The van der Waals surface area contributed by atoms with Crippen molar-refractivity contribution in [3.63, 3.8) is 0 Å². The summed E-state index contributed by atoms with van der Waals surface area (Å²) in [6.07, 6.45) is 108. The molecule has 6 heteroatoms. The molecule has 0 aliphatic carbocycles. The van der Waals surface area contributed by atoms with E-state index < -0.39 is 18.0 Å². The predicted octanol–water partition coefficient (Wildman–Crippen LogP) is 22.3. The van der Waals surface area contributed by atoms with Gasteiger partial charge in [0.15, 0.2) is 6.10 Å². The lowest BCUT2D eigenvalue weighted by Crippen LogP contribution is -2.30. The Hall–Kier alpha value is -6.53. The summed E-state index contributed by atoms with van der Waals surface area (Å²) < 4.78 is 16.7. The van der Waals surface area contributed by atoms with Gasteiger partial charge in [-0.15, -0.1) is 0 Å². The zero-order chi connectivity index (χ0) is 59.9. The Morgan fingerprint density at radius 1 is 0.253 bits per heavy atom. The minimum Gasteiger partial charge on any atom is -0.462 e. The van der Waals surface area contributed by atoms with Gasteiger partial charge in [0, 0.05) is 12.8 Å². The first kappa shape index (κ1) is 76.5. The highest BCUT2D eigenvalue weighted by atomic mass is 16.6. The highest BCUT2D eigenvalue weighted by Crippen LogP contribution is 2.11. The number of carbonyl (C=O) groups excluding carboxylic acids is 3. The Labute approximate surface area is 507 Å². The van der Waals surface area contributed by atoms with Crippen LogP contribution in [0.5, 0.6) is 0 Å². The molecule has 0 rings (SSSR count). The van der Waals surface area contributed by atoms with Crippen LogP contribution < -0.4 is 0 Å². The molecule has 0 aromatic carbocycles. The number of allylic oxidation sites excluding steroid dienone is 37. The summed E-state index contributed by atoms with van der Waals surface area (Å²) in [5.74, 6) is -1.21. The minimum absolute atomic E-state index is 0.0950. The fourth-order valence-electron chi connectivity index (χ4n) is 7.56. The van der Waals surface area contributed by atoms with Crippen LogP contribution in [0.3, 0.4) is 0 Å². The van der Waals surface area contributed by atoms with Crippen molar-refractivity contribution in [3.8, 4) is 0 Å². The van der Waals surface area contributed by atoms with Crippen LogP contribution in [0.25, 0.3) is 0 Å². The molecule has 0 N–H and O–H groups in total. The maximum atomic E-state index is 12.9.